The maximum Gasteiger partial charge on any atom is 0.186 e. The highest BCUT2D eigenvalue weighted by atomic mass is 32.2. The van der Waals surface area contributed by atoms with Crippen molar-refractivity contribution >= 4 is 22.7 Å². The molecule has 2 unspecified atom stereocenters. The van der Waals surface area contributed by atoms with Crippen LogP contribution in [-0.2, 0) is 14.3 Å². The predicted octanol–water partition coefficient (Wildman–Crippen LogP) is 3.46. The minimum Gasteiger partial charge on any atom is -0.379 e. The van der Waals surface area contributed by atoms with Crippen LogP contribution in [0.2, 0.25) is 0 Å². The summed E-state index contributed by atoms with van der Waals surface area (Å²) in [6, 6.07) is 6.10. The molecule has 0 N–H and O–H groups in total. The lowest BCUT2D eigenvalue weighted by Crippen LogP contribution is -2.43. The fraction of sp³-hybridized carbons (Fsp3) is 0.583. The van der Waals surface area contributed by atoms with Gasteiger partial charge in [-0.1, -0.05) is 36.0 Å². The second-order valence-corrected chi connectivity index (χ2v) is 10.0. The third-order valence-corrected chi connectivity index (χ3v) is 7.47. The van der Waals surface area contributed by atoms with Crippen molar-refractivity contribution in [1.29, 1.82) is 0 Å². The Hall–Kier alpha value is -1.54. The van der Waals surface area contributed by atoms with Gasteiger partial charge < -0.3 is 4.74 Å². The number of Topliss-reactive ketones (excluding diaryl/α,β-unsaturated/α-hetero) is 1. The number of hydrogen-bond acceptors (Lipinski definition) is 6. The van der Waals surface area contributed by atoms with Crippen molar-refractivity contribution in [3.05, 3.63) is 47.3 Å². The topological polar surface area (TPSA) is 49.9 Å². The Kier molecular flexibility index (Phi) is 7.59. The van der Waals surface area contributed by atoms with Gasteiger partial charge in [0.05, 0.1) is 19.3 Å². The van der Waals surface area contributed by atoms with Crippen LogP contribution in [0.4, 0.5) is 4.39 Å². The zero-order valence-electron chi connectivity index (χ0n) is 18.1. The van der Waals surface area contributed by atoms with Crippen molar-refractivity contribution in [3.63, 3.8) is 0 Å². The summed E-state index contributed by atoms with van der Waals surface area (Å²) in [5.41, 5.74) is 1.65. The molecule has 1 aromatic rings. The molecule has 1 aliphatic carbocycles. The van der Waals surface area contributed by atoms with Crippen LogP contribution in [0, 0.1) is 11.7 Å². The van der Waals surface area contributed by atoms with Gasteiger partial charge in [0.15, 0.2) is 10.9 Å². The number of hydrogen-bond donors (Lipinski definition) is 0. The molecule has 168 valence electrons. The highest BCUT2D eigenvalue weighted by Gasteiger charge is 2.41. The van der Waals surface area contributed by atoms with Crippen molar-refractivity contribution in [2.24, 2.45) is 5.92 Å². The predicted molar refractivity (Wildman–Crippen MR) is 120 cm³/mol. The van der Waals surface area contributed by atoms with Gasteiger partial charge in [0.2, 0.25) is 0 Å². The van der Waals surface area contributed by atoms with Gasteiger partial charge >= 0.3 is 0 Å². The van der Waals surface area contributed by atoms with Crippen LogP contribution in [0.5, 0.6) is 0 Å². The van der Waals surface area contributed by atoms with Crippen LogP contribution in [0.15, 0.2) is 35.9 Å². The smallest absolute Gasteiger partial charge is 0.186 e. The normalized spacial score (nSPS) is 25.5. The SMILES string of the molecule is CC(=O)SC1CCN(C(C(=O)C2CC2)c2ccccc2F)C/C1=C/CN1CCOCC1. The average molecular weight is 447 g/mol. The number of rotatable bonds is 7. The molecule has 3 aliphatic rings. The van der Waals surface area contributed by atoms with E-state index in [1.165, 1.54) is 23.4 Å². The number of nitrogens with zero attached hydrogens (tertiary/aromatic N) is 2. The van der Waals surface area contributed by atoms with Gasteiger partial charge in [-0.2, -0.15) is 0 Å². The molecule has 31 heavy (non-hydrogen) atoms. The second kappa shape index (κ2) is 10.4. The zero-order valence-corrected chi connectivity index (χ0v) is 18.9. The maximum atomic E-state index is 14.7. The van der Waals surface area contributed by atoms with E-state index in [0.29, 0.717) is 18.7 Å². The minimum absolute atomic E-state index is 0.0507. The van der Waals surface area contributed by atoms with Crippen LogP contribution in [0.1, 0.15) is 37.8 Å². The monoisotopic (exact) mass is 446 g/mol. The van der Waals surface area contributed by atoms with Crippen LogP contribution in [0.25, 0.3) is 0 Å². The van der Waals surface area contributed by atoms with Crippen LogP contribution < -0.4 is 0 Å². The lowest BCUT2D eigenvalue weighted by Gasteiger charge is -2.39. The first-order valence-corrected chi connectivity index (χ1v) is 12.1. The van der Waals surface area contributed by atoms with E-state index in [9.17, 15) is 14.0 Å². The molecule has 0 spiro atoms. The van der Waals surface area contributed by atoms with Crippen molar-refractivity contribution < 1.29 is 18.7 Å². The van der Waals surface area contributed by atoms with E-state index >= 15 is 0 Å². The Morgan fingerprint density at radius 2 is 1.94 bits per heavy atom. The van der Waals surface area contributed by atoms with Gasteiger partial charge in [-0.3, -0.25) is 19.4 Å². The molecule has 0 bridgehead atoms. The molecule has 0 radical (unpaired) electrons. The molecule has 2 saturated heterocycles. The third-order valence-electron chi connectivity index (χ3n) is 6.32. The second-order valence-electron chi connectivity index (χ2n) is 8.65. The summed E-state index contributed by atoms with van der Waals surface area (Å²) in [4.78, 5) is 29.5. The number of ether oxygens (including phenoxy) is 1. The number of halogens is 1. The molecule has 3 fully saturated rings. The summed E-state index contributed by atoms with van der Waals surface area (Å²) in [6.07, 6.45) is 4.81. The van der Waals surface area contributed by atoms with Crippen LogP contribution in [0.3, 0.4) is 0 Å². The summed E-state index contributed by atoms with van der Waals surface area (Å²) in [7, 11) is 0. The summed E-state index contributed by atoms with van der Waals surface area (Å²) in [6.45, 7) is 6.96. The summed E-state index contributed by atoms with van der Waals surface area (Å²) in [5, 5.41) is 0.225. The van der Waals surface area contributed by atoms with Gasteiger partial charge in [0, 0.05) is 56.4 Å². The number of morpholine rings is 1. The van der Waals surface area contributed by atoms with Crippen LogP contribution >= 0.6 is 11.8 Å². The largest absolute Gasteiger partial charge is 0.379 e. The van der Waals surface area contributed by atoms with Crippen molar-refractivity contribution in [1.82, 2.24) is 9.80 Å². The molecule has 2 heterocycles. The number of carbonyl (C=O) groups is 2. The molecule has 5 nitrogen and oxygen atoms in total. The molecule has 2 atom stereocenters. The van der Waals surface area contributed by atoms with Gasteiger partial charge in [-0.05, 0) is 30.9 Å². The van der Waals surface area contributed by atoms with Gasteiger partial charge in [-0.25, -0.2) is 4.39 Å². The Labute approximate surface area is 188 Å². The zero-order chi connectivity index (χ0) is 21.8. The molecular weight excluding hydrogens is 415 g/mol. The maximum absolute atomic E-state index is 14.7. The molecule has 0 aromatic heterocycles. The lowest BCUT2D eigenvalue weighted by atomic mass is 9.93. The quantitative estimate of drug-likeness (QED) is 0.598. The highest BCUT2D eigenvalue weighted by molar-refractivity contribution is 8.14. The highest BCUT2D eigenvalue weighted by Crippen LogP contribution is 2.40. The van der Waals surface area contributed by atoms with Crippen LogP contribution in [-0.4, -0.2) is 71.9 Å². The van der Waals surface area contributed by atoms with Gasteiger partial charge in [0.25, 0.3) is 0 Å². The van der Waals surface area contributed by atoms with E-state index in [-0.39, 0.29) is 27.9 Å². The lowest BCUT2D eigenvalue weighted by molar-refractivity contribution is -0.126. The number of ketones is 1. The third kappa shape index (κ3) is 5.83. The Morgan fingerprint density at radius 3 is 2.61 bits per heavy atom. The van der Waals surface area contributed by atoms with Gasteiger partial charge in [-0.15, -0.1) is 0 Å². The molecule has 7 heteroatoms. The fourth-order valence-electron chi connectivity index (χ4n) is 4.48. The number of piperidine rings is 1. The molecule has 2 aliphatic heterocycles. The van der Waals surface area contributed by atoms with Gasteiger partial charge in [0.1, 0.15) is 5.82 Å². The molecule has 4 rings (SSSR count). The number of likely N-dealkylation sites (tertiary alicyclic amines) is 1. The summed E-state index contributed by atoms with van der Waals surface area (Å²) < 4.78 is 20.2. The Morgan fingerprint density at radius 1 is 1.19 bits per heavy atom. The average Bonchev–Trinajstić information content (AvgIpc) is 3.61. The molecule has 1 aromatic carbocycles. The number of thioether (sulfide) groups is 1. The molecule has 0 amide bonds. The number of benzene rings is 1. The van der Waals surface area contributed by atoms with E-state index in [0.717, 1.165) is 52.1 Å². The standard InChI is InChI=1S/C24H31FN2O3S/c1-17(28)31-22-9-11-27(16-19(22)8-10-26-12-14-30-15-13-26)23(24(29)18-6-7-18)20-4-2-3-5-21(20)25/h2-5,8,18,22-23H,6-7,9-16H2,1H3/b19-8-. The summed E-state index contributed by atoms with van der Waals surface area (Å²) >= 11 is 1.37. The van der Waals surface area contributed by atoms with E-state index in [4.69, 9.17) is 4.74 Å². The van der Waals surface area contributed by atoms with Crippen molar-refractivity contribution in [3.8, 4) is 0 Å². The Bertz CT molecular complexity index is 836. The first-order valence-electron chi connectivity index (χ1n) is 11.2. The van der Waals surface area contributed by atoms with E-state index < -0.39 is 6.04 Å². The van der Waals surface area contributed by atoms with Crippen molar-refractivity contribution in [2.75, 3.05) is 45.9 Å². The molecular formula is C24H31FN2O3S. The van der Waals surface area contributed by atoms with Crippen molar-refractivity contribution in [2.45, 2.75) is 37.5 Å². The molecule has 1 saturated carbocycles. The Balaban J connectivity index is 1.56. The fourth-order valence-corrected chi connectivity index (χ4v) is 5.43. The number of carbonyl (C=O) groups excluding carboxylic acids is 2. The first-order chi connectivity index (χ1) is 15.0. The van der Waals surface area contributed by atoms with E-state index in [2.05, 4.69) is 15.9 Å². The minimum atomic E-state index is -0.552. The van der Waals surface area contributed by atoms with E-state index in [1.807, 2.05) is 0 Å². The first kappa shape index (κ1) is 22.6. The van der Waals surface area contributed by atoms with E-state index in [1.54, 1.807) is 25.1 Å². The summed E-state index contributed by atoms with van der Waals surface area (Å²) in [5.74, 6) is -0.134.